The van der Waals surface area contributed by atoms with Gasteiger partial charge in [-0.2, -0.15) is 0 Å². The minimum atomic E-state index is 0.502. The predicted octanol–water partition coefficient (Wildman–Crippen LogP) is 3.80. The molecule has 0 aliphatic carbocycles. The van der Waals surface area contributed by atoms with Crippen LogP contribution in [0.2, 0.25) is 0 Å². The molecule has 0 amide bonds. The summed E-state index contributed by atoms with van der Waals surface area (Å²) >= 11 is 0. The fourth-order valence-corrected chi connectivity index (χ4v) is 3.57. The maximum Gasteiger partial charge on any atom is 0.0579 e. The normalized spacial score (nSPS) is 20.8. The topological polar surface area (TPSA) is 15.3 Å². The molecule has 1 radical (unpaired) electrons. The van der Waals surface area contributed by atoms with Crippen LogP contribution >= 0.6 is 0 Å². The van der Waals surface area contributed by atoms with Crippen molar-refractivity contribution in [2.24, 2.45) is 0 Å². The van der Waals surface area contributed by atoms with E-state index >= 15 is 0 Å². The first-order chi connectivity index (χ1) is 9.93. The van der Waals surface area contributed by atoms with Gasteiger partial charge in [0.2, 0.25) is 0 Å². The van der Waals surface area contributed by atoms with E-state index in [1.165, 1.54) is 41.8 Å². The van der Waals surface area contributed by atoms with Gasteiger partial charge in [0.1, 0.15) is 0 Å². The highest BCUT2D eigenvalue weighted by atomic mass is 15.2. The molecule has 2 heteroatoms. The Hall–Kier alpha value is -1.96. The summed E-state index contributed by atoms with van der Waals surface area (Å²) in [5.74, 6) is 0. The van der Waals surface area contributed by atoms with Crippen LogP contribution in [0.15, 0.2) is 42.5 Å². The summed E-state index contributed by atoms with van der Waals surface area (Å²) in [4.78, 5) is 2.59. The molecule has 1 N–H and O–H groups in total. The number of benzene rings is 2. The number of hydrogen-bond donors (Lipinski definition) is 1. The van der Waals surface area contributed by atoms with Gasteiger partial charge in [-0.05, 0) is 48.6 Å². The Balaban J connectivity index is 1.77. The molecule has 0 bridgehead atoms. The molecule has 0 spiro atoms. The predicted molar refractivity (Wildman–Crippen MR) is 83.2 cm³/mol. The molecule has 2 nitrogen and oxygen atoms in total. The quantitative estimate of drug-likeness (QED) is 0.842. The molecule has 101 valence electrons. The largest absolute Gasteiger partial charge is 0.385 e. The van der Waals surface area contributed by atoms with Crippen LogP contribution < -0.4 is 10.2 Å². The highest BCUT2D eigenvalue weighted by Crippen LogP contribution is 2.39. The van der Waals surface area contributed by atoms with Gasteiger partial charge in [0.05, 0.1) is 6.04 Å². The minimum Gasteiger partial charge on any atom is -0.385 e. The second kappa shape index (κ2) is 4.86. The van der Waals surface area contributed by atoms with Crippen LogP contribution in [0.25, 0.3) is 0 Å². The number of fused-ring (bicyclic) bond motifs is 2. The van der Waals surface area contributed by atoms with Gasteiger partial charge in [0, 0.05) is 24.5 Å². The Bertz CT molecular complexity index is 565. The van der Waals surface area contributed by atoms with Gasteiger partial charge in [0.15, 0.2) is 0 Å². The van der Waals surface area contributed by atoms with Crippen LogP contribution in [0.1, 0.15) is 30.0 Å². The first kappa shape index (κ1) is 11.8. The number of aryl methyl sites for hydroxylation is 1. The van der Waals surface area contributed by atoms with Crippen LogP contribution in [0.3, 0.4) is 0 Å². The smallest absolute Gasteiger partial charge is 0.0579 e. The van der Waals surface area contributed by atoms with E-state index in [4.69, 9.17) is 0 Å². The molecule has 2 heterocycles. The summed E-state index contributed by atoms with van der Waals surface area (Å²) in [7, 11) is 0. The van der Waals surface area contributed by atoms with Gasteiger partial charge < -0.3 is 10.2 Å². The van der Waals surface area contributed by atoms with Crippen LogP contribution in [0.5, 0.6) is 0 Å². The Labute approximate surface area is 120 Å². The van der Waals surface area contributed by atoms with Crippen molar-refractivity contribution >= 4 is 11.4 Å². The highest BCUT2D eigenvalue weighted by Gasteiger charge is 2.28. The van der Waals surface area contributed by atoms with Crippen molar-refractivity contribution < 1.29 is 0 Å². The van der Waals surface area contributed by atoms with Crippen molar-refractivity contribution in [2.75, 3.05) is 23.3 Å². The van der Waals surface area contributed by atoms with Gasteiger partial charge in [-0.1, -0.05) is 30.3 Å². The number of hydrogen-bond acceptors (Lipinski definition) is 2. The zero-order chi connectivity index (χ0) is 13.4. The lowest BCUT2D eigenvalue weighted by Gasteiger charge is -2.41. The second-order valence-electron chi connectivity index (χ2n) is 5.65. The molecule has 2 aliphatic heterocycles. The molecule has 4 rings (SSSR count). The minimum absolute atomic E-state index is 0.502. The van der Waals surface area contributed by atoms with Crippen molar-refractivity contribution in [2.45, 2.75) is 25.3 Å². The third kappa shape index (κ3) is 1.87. The molecule has 0 fully saturated rings. The monoisotopic (exact) mass is 263 g/mol. The summed E-state index contributed by atoms with van der Waals surface area (Å²) in [5, 5.41) is 3.52. The lowest BCUT2D eigenvalue weighted by molar-refractivity contribution is 0.549. The van der Waals surface area contributed by atoms with Gasteiger partial charge in [-0.3, -0.25) is 0 Å². The Morgan fingerprint density at radius 3 is 3.10 bits per heavy atom. The molecule has 2 aromatic rings. The lowest BCUT2D eigenvalue weighted by Crippen LogP contribution is -2.36. The summed E-state index contributed by atoms with van der Waals surface area (Å²) in [6.07, 6.45) is 3.57. The lowest BCUT2D eigenvalue weighted by atomic mass is 9.92. The molecular weight excluding hydrogens is 244 g/mol. The zero-order valence-corrected chi connectivity index (χ0v) is 11.6. The first-order valence-electron chi connectivity index (χ1n) is 7.52. The number of anilines is 2. The third-order valence-corrected chi connectivity index (χ3v) is 4.48. The van der Waals surface area contributed by atoms with Gasteiger partial charge >= 0.3 is 0 Å². The molecule has 20 heavy (non-hydrogen) atoms. The van der Waals surface area contributed by atoms with E-state index in [1.807, 2.05) is 6.07 Å². The Morgan fingerprint density at radius 2 is 2.10 bits per heavy atom. The van der Waals surface area contributed by atoms with Crippen LogP contribution in [-0.2, 0) is 6.42 Å². The van der Waals surface area contributed by atoms with Gasteiger partial charge in [-0.15, -0.1) is 0 Å². The van der Waals surface area contributed by atoms with Crippen molar-refractivity contribution in [1.29, 1.82) is 0 Å². The number of nitrogens with zero attached hydrogens (tertiary/aromatic N) is 1. The molecule has 0 saturated carbocycles. The molecule has 2 aliphatic rings. The fraction of sp³-hybridized carbons (Fsp3) is 0.333. The summed E-state index contributed by atoms with van der Waals surface area (Å²) in [5.41, 5.74) is 5.52. The molecular formula is C18H19N2. The average Bonchev–Trinajstić information content (AvgIpc) is 2.54. The van der Waals surface area contributed by atoms with E-state index in [0.717, 1.165) is 13.1 Å². The van der Waals surface area contributed by atoms with Gasteiger partial charge in [-0.25, -0.2) is 0 Å². The highest BCUT2D eigenvalue weighted by molar-refractivity contribution is 5.61. The van der Waals surface area contributed by atoms with E-state index in [1.54, 1.807) is 0 Å². The van der Waals surface area contributed by atoms with E-state index in [2.05, 4.69) is 52.7 Å². The van der Waals surface area contributed by atoms with Crippen LogP contribution in [0.4, 0.5) is 11.4 Å². The number of nitrogens with one attached hydrogen (secondary N) is 1. The third-order valence-electron chi connectivity index (χ3n) is 4.48. The molecule has 2 aromatic carbocycles. The zero-order valence-electron chi connectivity index (χ0n) is 11.6. The van der Waals surface area contributed by atoms with Crippen molar-refractivity contribution in [1.82, 2.24) is 0 Å². The molecule has 1 atom stereocenters. The SMILES string of the molecule is [c]1cccc2c1CCCN2C1CCNc2ccccc21. The summed E-state index contributed by atoms with van der Waals surface area (Å²) < 4.78 is 0. The maximum absolute atomic E-state index is 3.52. The number of rotatable bonds is 1. The van der Waals surface area contributed by atoms with Crippen LogP contribution in [0, 0.1) is 6.07 Å². The number of para-hydroxylation sites is 1. The van der Waals surface area contributed by atoms with E-state index in [0.29, 0.717) is 6.04 Å². The van der Waals surface area contributed by atoms with Crippen molar-refractivity contribution in [3.05, 3.63) is 59.7 Å². The van der Waals surface area contributed by atoms with E-state index in [9.17, 15) is 0 Å². The molecule has 1 unspecified atom stereocenters. The first-order valence-corrected chi connectivity index (χ1v) is 7.52. The van der Waals surface area contributed by atoms with Crippen molar-refractivity contribution in [3.8, 4) is 0 Å². The van der Waals surface area contributed by atoms with Gasteiger partial charge in [0.25, 0.3) is 0 Å². The van der Waals surface area contributed by atoms with E-state index in [-0.39, 0.29) is 0 Å². The Morgan fingerprint density at radius 1 is 1.15 bits per heavy atom. The molecule has 0 aromatic heterocycles. The van der Waals surface area contributed by atoms with E-state index < -0.39 is 0 Å². The maximum atomic E-state index is 3.52. The van der Waals surface area contributed by atoms with Crippen LogP contribution in [-0.4, -0.2) is 13.1 Å². The second-order valence-corrected chi connectivity index (χ2v) is 5.65. The average molecular weight is 263 g/mol. The Kier molecular flexibility index (Phi) is 2.87. The fourth-order valence-electron chi connectivity index (χ4n) is 3.57. The standard InChI is InChI=1S/C18H19N2/c1-4-10-17-14(6-1)7-5-13-20(17)18-11-12-19-16-9-3-2-8-15(16)18/h1-4,8-10,18-19H,5,7,11-13H2. The summed E-state index contributed by atoms with van der Waals surface area (Å²) in [6.45, 7) is 2.22. The molecule has 0 saturated heterocycles. The van der Waals surface area contributed by atoms with Crippen molar-refractivity contribution in [3.63, 3.8) is 0 Å². The summed E-state index contributed by atoms with van der Waals surface area (Å²) in [6, 6.07) is 19.1.